The van der Waals surface area contributed by atoms with Crippen LogP contribution in [0.4, 0.5) is 11.6 Å². The molecule has 1 aromatic heterocycles. The van der Waals surface area contributed by atoms with Crippen LogP contribution in [0.3, 0.4) is 0 Å². The molecule has 3 heteroatoms. The van der Waals surface area contributed by atoms with Crippen molar-refractivity contribution in [1.82, 2.24) is 0 Å². The maximum Gasteiger partial charge on any atom is 0.197 e. The van der Waals surface area contributed by atoms with Crippen LogP contribution in [0.25, 0.3) is 0 Å². The van der Waals surface area contributed by atoms with Gasteiger partial charge in [0.15, 0.2) is 5.88 Å². The van der Waals surface area contributed by atoms with E-state index in [1.165, 1.54) is 0 Å². The van der Waals surface area contributed by atoms with Crippen molar-refractivity contribution in [2.45, 2.75) is 19.8 Å². The molecule has 0 N–H and O–H groups in total. The van der Waals surface area contributed by atoms with Gasteiger partial charge in [0.05, 0.1) is 0 Å². The fourth-order valence-electron chi connectivity index (χ4n) is 1.14. The molecular weight excluding hydrogens is 164 g/mol. The van der Waals surface area contributed by atoms with E-state index in [4.69, 9.17) is 4.42 Å². The Kier molecular flexibility index (Phi) is 2.76. The molecule has 1 heterocycles. The number of furan rings is 1. The molecule has 72 valence electrons. The van der Waals surface area contributed by atoms with Crippen LogP contribution >= 0.6 is 0 Å². The maximum absolute atomic E-state index is 5.62. The molecule has 1 aromatic rings. The van der Waals surface area contributed by atoms with Crippen LogP contribution in [0.2, 0.25) is 0 Å². The summed E-state index contributed by atoms with van der Waals surface area (Å²) in [6.07, 6.45) is 0. The lowest BCUT2D eigenvalue weighted by Gasteiger charge is -2.06. The maximum atomic E-state index is 5.62. The summed E-state index contributed by atoms with van der Waals surface area (Å²) in [6, 6.07) is 1.91. The van der Waals surface area contributed by atoms with Crippen molar-refractivity contribution in [1.29, 1.82) is 0 Å². The summed E-state index contributed by atoms with van der Waals surface area (Å²) in [5.41, 5.74) is 0.846. The van der Waals surface area contributed by atoms with E-state index in [9.17, 15) is 0 Å². The lowest BCUT2D eigenvalue weighted by molar-refractivity contribution is 0.489. The van der Waals surface area contributed by atoms with E-state index in [1.54, 1.807) is 0 Å². The van der Waals surface area contributed by atoms with Crippen LogP contribution in [0.1, 0.15) is 25.5 Å². The summed E-state index contributed by atoms with van der Waals surface area (Å²) in [6.45, 7) is 7.67. The molecule has 1 rings (SSSR count). The van der Waals surface area contributed by atoms with Gasteiger partial charge in [-0.25, -0.2) is 0 Å². The Bertz CT molecular complexity index is 300. The zero-order chi connectivity index (χ0) is 10.0. The first kappa shape index (κ1) is 9.84. The summed E-state index contributed by atoms with van der Waals surface area (Å²) < 4.78 is 5.62. The third kappa shape index (κ3) is 1.91. The van der Waals surface area contributed by atoms with Gasteiger partial charge in [0.1, 0.15) is 11.4 Å². The highest BCUT2D eigenvalue weighted by Crippen LogP contribution is 2.33. The van der Waals surface area contributed by atoms with Crippen molar-refractivity contribution in [3.05, 3.63) is 11.8 Å². The van der Waals surface area contributed by atoms with E-state index in [-0.39, 0.29) is 0 Å². The Labute approximate surface area is 79.1 Å². The largest absolute Gasteiger partial charge is 0.443 e. The smallest absolute Gasteiger partial charge is 0.197 e. The highest BCUT2D eigenvalue weighted by atomic mass is 16.4. The summed E-state index contributed by atoms with van der Waals surface area (Å²) >= 11 is 0. The van der Waals surface area contributed by atoms with Gasteiger partial charge in [-0.3, -0.25) is 4.99 Å². The number of hydrogen-bond donors (Lipinski definition) is 0. The topological polar surface area (TPSA) is 28.7 Å². The minimum atomic E-state index is 0.342. The van der Waals surface area contributed by atoms with Crippen molar-refractivity contribution in [2.75, 3.05) is 19.0 Å². The molecule has 0 amide bonds. The average Bonchev–Trinajstić information content (AvgIpc) is 2.47. The van der Waals surface area contributed by atoms with Gasteiger partial charge in [-0.2, -0.15) is 0 Å². The van der Waals surface area contributed by atoms with E-state index >= 15 is 0 Å². The predicted molar refractivity (Wildman–Crippen MR) is 56.3 cm³/mol. The van der Waals surface area contributed by atoms with Gasteiger partial charge < -0.3 is 9.32 Å². The second-order valence-corrected chi connectivity index (χ2v) is 3.54. The van der Waals surface area contributed by atoms with Crippen molar-refractivity contribution in [3.63, 3.8) is 0 Å². The third-order valence-corrected chi connectivity index (χ3v) is 1.86. The molecule has 0 saturated carbocycles. The molecule has 3 nitrogen and oxygen atoms in total. The van der Waals surface area contributed by atoms with Crippen LogP contribution in [-0.2, 0) is 0 Å². The number of aliphatic imine (C=N–C) groups is 1. The second kappa shape index (κ2) is 3.64. The molecule has 0 aromatic carbocycles. The fourth-order valence-corrected chi connectivity index (χ4v) is 1.14. The van der Waals surface area contributed by atoms with Gasteiger partial charge in [0.25, 0.3) is 0 Å². The highest BCUT2D eigenvalue weighted by molar-refractivity contribution is 5.56. The first-order chi connectivity index (χ1) is 6.06. The lowest BCUT2D eigenvalue weighted by Crippen LogP contribution is -2.06. The number of rotatable bonds is 3. The fraction of sp³-hybridized carbons (Fsp3) is 0.500. The lowest BCUT2D eigenvalue weighted by atomic mass is 10.1. The summed E-state index contributed by atoms with van der Waals surface area (Å²) in [7, 11) is 3.88. The standard InChI is InChI=1S/C10H16N2O/c1-7(2)10-8(11-3)6-9(13-10)12(4)5/h6-7H,3H2,1-2,4-5H3. The van der Waals surface area contributed by atoms with Crippen LogP contribution < -0.4 is 4.90 Å². The zero-order valence-electron chi connectivity index (χ0n) is 8.66. The molecule has 0 spiro atoms. The highest BCUT2D eigenvalue weighted by Gasteiger charge is 2.13. The summed E-state index contributed by atoms with van der Waals surface area (Å²) in [4.78, 5) is 5.84. The summed E-state index contributed by atoms with van der Waals surface area (Å²) in [5, 5.41) is 0. The van der Waals surface area contributed by atoms with Crippen molar-refractivity contribution < 1.29 is 4.42 Å². The van der Waals surface area contributed by atoms with Gasteiger partial charge >= 0.3 is 0 Å². The van der Waals surface area contributed by atoms with Crippen molar-refractivity contribution in [2.24, 2.45) is 4.99 Å². The van der Waals surface area contributed by atoms with Crippen LogP contribution in [0, 0.1) is 0 Å². The van der Waals surface area contributed by atoms with Gasteiger partial charge in [0.2, 0.25) is 0 Å². The van der Waals surface area contributed by atoms with Crippen molar-refractivity contribution in [3.8, 4) is 0 Å². The first-order valence-corrected chi connectivity index (χ1v) is 4.34. The molecule has 0 radical (unpaired) electrons. The molecule has 0 aliphatic heterocycles. The summed E-state index contributed by atoms with van der Waals surface area (Å²) in [5.74, 6) is 2.07. The normalized spacial score (nSPS) is 10.5. The van der Waals surface area contributed by atoms with Crippen molar-refractivity contribution >= 4 is 18.3 Å². The van der Waals surface area contributed by atoms with Crippen LogP contribution in [0.15, 0.2) is 15.5 Å². The number of anilines is 1. The Morgan fingerprint density at radius 2 is 2.08 bits per heavy atom. The monoisotopic (exact) mass is 180 g/mol. The minimum Gasteiger partial charge on any atom is -0.443 e. The Morgan fingerprint density at radius 3 is 2.38 bits per heavy atom. The molecule has 0 saturated heterocycles. The number of hydrogen-bond acceptors (Lipinski definition) is 3. The minimum absolute atomic E-state index is 0.342. The Morgan fingerprint density at radius 1 is 1.46 bits per heavy atom. The SMILES string of the molecule is C=Nc1cc(N(C)C)oc1C(C)C. The molecule has 0 aliphatic rings. The second-order valence-electron chi connectivity index (χ2n) is 3.54. The molecule has 0 fully saturated rings. The molecule has 0 unspecified atom stereocenters. The van der Waals surface area contributed by atoms with Gasteiger partial charge in [-0.1, -0.05) is 13.8 Å². The van der Waals surface area contributed by atoms with E-state index in [0.717, 1.165) is 17.3 Å². The van der Waals surface area contributed by atoms with E-state index < -0.39 is 0 Å². The quantitative estimate of drug-likeness (QED) is 0.669. The first-order valence-electron chi connectivity index (χ1n) is 4.34. The predicted octanol–water partition coefficient (Wildman–Crippen LogP) is 2.80. The molecule has 13 heavy (non-hydrogen) atoms. The molecule has 0 atom stereocenters. The van der Waals surface area contributed by atoms with E-state index in [1.807, 2.05) is 25.1 Å². The van der Waals surface area contributed by atoms with E-state index in [0.29, 0.717) is 5.92 Å². The third-order valence-electron chi connectivity index (χ3n) is 1.86. The van der Waals surface area contributed by atoms with Gasteiger partial charge in [0, 0.05) is 26.1 Å². The molecular formula is C10H16N2O. The molecule has 0 aliphatic carbocycles. The van der Waals surface area contributed by atoms with E-state index in [2.05, 4.69) is 25.6 Å². The Balaban J connectivity index is 3.11. The van der Waals surface area contributed by atoms with Crippen LogP contribution in [0.5, 0.6) is 0 Å². The zero-order valence-corrected chi connectivity index (χ0v) is 8.66. The number of nitrogens with zero attached hydrogens (tertiary/aromatic N) is 2. The van der Waals surface area contributed by atoms with Crippen LogP contribution in [-0.4, -0.2) is 20.8 Å². The Hall–Kier alpha value is -1.25. The van der Waals surface area contributed by atoms with Gasteiger partial charge in [-0.05, 0) is 6.72 Å². The van der Waals surface area contributed by atoms with Gasteiger partial charge in [-0.15, -0.1) is 0 Å². The molecule has 0 bridgehead atoms. The average molecular weight is 180 g/mol.